The van der Waals surface area contributed by atoms with Crippen molar-refractivity contribution in [1.29, 1.82) is 0 Å². The highest BCUT2D eigenvalue weighted by atomic mass is 16.3. The molecular formula is C30H29N7O2. The van der Waals surface area contributed by atoms with Crippen molar-refractivity contribution < 1.29 is 9.90 Å². The fourth-order valence-corrected chi connectivity index (χ4v) is 5.11. The van der Waals surface area contributed by atoms with Crippen molar-refractivity contribution in [2.24, 2.45) is 5.73 Å². The molecule has 6 rings (SSSR count). The Hall–Kier alpha value is -4.76. The van der Waals surface area contributed by atoms with Crippen LogP contribution in [0.2, 0.25) is 0 Å². The van der Waals surface area contributed by atoms with Crippen LogP contribution in [0.15, 0.2) is 85.1 Å². The van der Waals surface area contributed by atoms with Gasteiger partial charge in [-0.25, -0.2) is 14.6 Å². The van der Waals surface area contributed by atoms with E-state index < -0.39 is 5.91 Å². The van der Waals surface area contributed by atoms with Crippen molar-refractivity contribution in [3.8, 4) is 17.1 Å². The normalized spacial score (nSPS) is 14.5. The average Bonchev–Trinajstić information content (AvgIpc) is 3.39. The van der Waals surface area contributed by atoms with Crippen molar-refractivity contribution in [1.82, 2.24) is 24.6 Å². The van der Waals surface area contributed by atoms with Crippen molar-refractivity contribution in [3.05, 3.63) is 96.2 Å². The molecule has 1 amide bonds. The van der Waals surface area contributed by atoms with Crippen LogP contribution in [0.3, 0.4) is 0 Å². The summed E-state index contributed by atoms with van der Waals surface area (Å²) in [6, 6.07) is 24.6. The smallest absolute Gasteiger partial charge is 0.248 e. The van der Waals surface area contributed by atoms with Gasteiger partial charge < -0.3 is 16.2 Å². The number of rotatable bonds is 7. The van der Waals surface area contributed by atoms with Crippen LogP contribution in [0.5, 0.6) is 5.75 Å². The molecule has 5 aromatic rings. The Balaban J connectivity index is 1.33. The summed E-state index contributed by atoms with van der Waals surface area (Å²) in [4.78, 5) is 23.9. The van der Waals surface area contributed by atoms with E-state index in [1.165, 1.54) is 5.56 Å². The summed E-state index contributed by atoms with van der Waals surface area (Å²) in [7, 11) is 0. The van der Waals surface area contributed by atoms with E-state index >= 15 is 0 Å². The van der Waals surface area contributed by atoms with Crippen LogP contribution in [0, 0.1) is 0 Å². The molecule has 0 aliphatic carbocycles. The third kappa shape index (κ3) is 5.30. The number of nitrogens with zero attached hydrogens (tertiary/aromatic N) is 5. The number of fused-ring (bicyclic) bond motifs is 1. The van der Waals surface area contributed by atoms with Crippen molar-refractivity contribution in [2.75, 3.05) is 18.4 Å². The minimum absolute atomic E-state index is 0.138. The van der Waals surface area contributed by atoms with Crippen LogP contribution in [0.4, 0.5) is 11.5 Å². The zero-order valence-electron chi connectivity index (χ0n) is 21.4. The molecule has 9 nitrogen and oxygen atoms in total. The highest BCUT2D eigenvalue weighted by molar-refractivity contribution is 5.95. The number of hydrogen-bond donors (Lipinski definition) is 3. The molecule has 1 aliphatic heterocycles. The maximum absolute atomic E-state index is 11.7. The van der Waals surface area contributed by atoms with Gasteiger partial charge in [-0.15, -0.1) is 0 Å². The van der Waals surface area contributed by atoms with E-state index in [0.29, 0.717) is 28.5 Å². The summed E-state index contributed by atoms with van der Waals surface area (Å²) in [6.07, 6.45) is 3.70. The van der Waals surface area contributed by atoms with Crippen LogP contribution < -0.4 is 11.1 Å². The molecule has 9 heteroatoms. The molecule has 0 bridgehead atoms. The quantitative estimate of drug-likeness (QED) is 0.280. The summed E-state index contributed by atoms with van der Waals surface area (Å²) in [5.41, 5.74) is 9.29. The Morgan fingerprint density at radius 2 is 1.77 bits per heavy atom. The first kappa shape index (κ1) is 24.6. The van der Waals surface area contributed by atoms with Crippen molar-refractivity contribution >= 4 is 28.4 Å². The first-order valence-electron chi connectivity index (χ1n) is 13.0. The Labute approximate surface area is 225 Å². The summed E-state index contributed by atoms with van der Waals surface area (Å²) in [6.45, 7) is 2.88. The van der Waals surface area contributed by atoms with E-state index in [2.05, 4.69) is 34.5 Å². The highest BCUT2D eigenvalue weighted by Crippen LogP contribution is 2.32. The fraction of sp³-hybridized carbons (Fsp3) is 0.200. The number of phenolic OH excluding ortho intramolecular Hbond substituents is 1. The lowest BCUT2D eigenvalue weighted by atomic mass is 10.0. The third-order valence-electron chi connectivity index (χ3n) is 7.12. The molecule has 0 spiro atoms. The maximum Gasteiger partial charge on any atom is 0.248 e. The Morgan fingerprint density at radius 3 is 2.54 bits per heavy atom. The number of carbonyl (C=O) groups is 1. The van der Waals surface area contributed by atoms with E-state index in [-0.39, 0.29) is 11.8 Å². The standard InChI is InChI=1S/C30H29N7O2/c31-27(39)21-8-4-10-23(16-21)33-29-26-18-32-37(30(26)35-28(34-29)22-9-5-11-25(38)17-22)24-12-14-36(15-13-24)19-20-6-2-1-3-7-20/h1-11,16-18,24,38H,12-15,19H2,(H2,31,39)(H,33,34,35). The molecule has 4 N–H and O–H groups in total. The third-order valence-corrected chi connectivity index (χ3v) is 7.12. The zero-order chi connectivity index (χ0) is 26.8. The summed E-state index contributed by atoms with van der Waals surface area (Å²) in [5, 5.41) is 19.0. The molecule has 1 saturated heterocycles. The predicted molar refractivity (Wildman–Crippen MR) is 151 cm³/mol. The van der Waals surface area contributed by atoms with Crippen molar-refractivity contribution in [3.63, 3.8) is 0 Å². The van der Waals surface area contributed by atoms with E-state index in [0.717, 1.165) is 43.5 Å². The number of aromatic hydroxyl groups is 1. The molecule has 2 aromatic heterocycles. The lowest BCUT2D eigenvalue weighted by Crippen LogP contribution is -2.34. The largest absolute Gasteiger partial charge is 0.508 e. The Morgan fingerprint density at radius 1 is 0.974 bits per heavy atom. The fourth-order valence-electron chi connectivity index (χ4n) is 5.11. The molecule has 0 unspecified atom stereocenters. The number of benzene rings is 3. The predicted octanol–water partition coefficient (Wildman–Crippen LogP) is 4.88. The minimum atomic E-state index is -0.502. The summed E-state index contributed by atoms with van der Waals surface area (Å²) < 4.78 is 2.01. The van der Waals surface area contributed by atoms with E-state index in [1.54, 1.807) is 42.6 Å². The van der Waals surface area contributed by atoms with Gasteiger partial charge in [0.15, 0.2) is 11.5 Å². The van der Waals surface area contributed by atoms with Gasteiger partial charge in [0, 0.05) is 36.4 Å². The number of nitrogens with two attached hydrogens (primary N) is 1. The molecule has 0 radical (unpaired) electrons. The number of amides is 1. The topological polar surface area (TPSA) is 122 Å². The number of aromatic nitrogens is 4. The van der Waals surface area contributed by atoms with Crippen LogP contribution in [-0.4, -0.2) is 48.8 Å². The summed E-state index contributed by atoms with van der Waals surface area (Å²) in [5.74, 6) is 0.667. The lowest BCUT2D eigenvalue weighted by Gasteiger charge is -2.32. The number of hydrogen-bond acceptors (Lipinski definition) is 7. The van der Waals surface area contributed by atoms with Gasteiger partial charge in [0.05, 0.1) is 17.6 Å². The molecule has 3 aromatic carbocycles. The van der Waals surface area contributed by atoms with E-state index in [4.69, 9.17) is 20.8 Å². The van der Waals surface area contributed by atoms with Crippen LogP contribution >= 0.6 is 0 Å². The second kappa shape index (κ2) is 10.5. The van der Waals surface area contributed by atoms with Crippen LogP contribution in [0.25, 0.3) is 22.4 Å². The SMILES string of the molecule is NC(=O)c1cccc(Nc2nc(-c3cccc(O)c3)nc3c2cnn3C2CCN(Cc3ccccc3)CC2)c1. The molecule has 3 heterocycles. The number of phenols is 1. The lowest BCUT2D eigenvalue weighted by molar-refractivity contribution is 0.100. The minimum Gasteiger partial charge on any atom is -0.508 e. The molecule has 39 heavy (non-hydrogen) atoms. The zero-order valence-corrected chi connectivity index (χ0v) is 21.4. The number of anilines is 2. The first-order chi connectivity index (χ1) is 19.0. The molecular weight excluding hydrogens is 490 g/mol. The first-order valence-corrected chi connectivity index (χ1v) is 13.0. The number of nitrogens with one attached hydrogen (secondary N) is 1. The second-order valence-corrected chi connectivity index (χ2v) is 9.84. The highest BCUT2D eigenvalue weighted by Gasteiger charge is 2.25. The Bertz CT molecular complexity index is 1630. The van der Waals surface area contributed by atoms with Gasteiger partial charge >= 0.3 is 0 Å². The van der Waals surface area contributed by atoms with Gasteiger partial charge in [0.1, 0.15) is 11.6 Å². The monoisotopic (exact) mass is 519 g/mol. The molecule has 0 saturated carbocycles. The van der Waals surface area contributed by atoms with Crippen LogP contribution in [0.1, 0.15) is 34.8 Å². The van der Waals surface area contributed by atoms with Gasteiger partial charge in [0.25, 0.3) is 0 Å². The van der Waals surface area contributed by atoms with E-state index in [9.17, 15) is 9.90 Å². The molecule has 1 fully saturated rings. The molecule has 0 atom stereocenters. The number of primary amides is 1. The van der Waals surface area contributed by atoms with Crippen LogP contribution in [-0.2, 0) is 6.54 Å². The van der Waals surface area contributed by atoms with Gasteiger partial charge in [-0.1, -0.05) is 48.5 Å². The number of carbonyl (C=O) groups excluding carboxylic acids is 1. The molecule has 1 aliphatic rings. The van der Waals surface area contributed by atoms with Gasteiger partial charge in [-0.05, 0) is 48.7 Å². The van der Waals surface area contributed by atoms with Gasteiger partial charge in [-0.3, -0.25) is 9.69 Å². The average molecular weight is 520 g/mol. The maximum atomic E-state index is 11.7. The number of likely N-dealkylation sites (tertiary alicyclic amines) is 1. The second-order valence-electron chi connectivity index (χ2n) is 9.84. The van der Waals surface area contributed by atoms with E-state index in [1.807, 2.05) is 22.9 Å². The van der Waals surface area contributed by atoms with Gasteiger partial charge in [-0.2, -0.15) is 5.10 Å². The van der Waals surface area contributed by atoms with Crippen molar-refractivity contribution in [2.45, 2.75) is 25.4 Å². The van der Waals surface area contributed by atoms with Gasteiger partial charge in [0.2, 0.25) is 5.91 Å². The Kier molecular flexibility index (Phi) is 6.64. The summed E-state index contributed by atoms with van der Waals surface area (Å²) >= 11 is 0. The molecule has 196 valence electrons. The number of piperidine rings is 1.